The van der Waals surface area contributed by atoms with Gasteiger partial charge in [0.1, 0.15) is 6.71 Å². The standard InChI is InChI=1S/C33H43BSi/c1-3-35(4-2,33-31-19-7-5-17-29(31)30-18-6-8-20-32(30)33)28-22-21-25(24-28)12-11-23-34-26-13-9-14-27(34)16-10-15-26/h5-8,17-22,24-27,33H,3-4,9-16,23H2,1-2H3. The van der Waals surface area contributed by atoms with Crippen molar-refractivity contribution in [2.24, 2.45) is 5.92 Å². The zero-order chi connectivity index (χ0) is 23.8. The third-order valence-corrected chi connectivity index (χ3v) is 16.5. The fraction of sp³-hybridized carbons (Fsp3) is 0.515. The predicted octanol–water partition coefficient (Wildman–Crippen LogP) is 9.86. The fourth-order valence-electron chi connectivity index (χ4n) is 8.94. The molecular weight excluding hydrogens is 435 g/mol. The van der Waals surface area contributed by atoms with Gasteiger partial charge in [-0.25, -0.2) is 0 Å². The lowest BCUT2D eigenvalue weighted by Gasteiger charge is -2.40. The van der Waals surface area contributed by atoms with Gasteiger partial charge in [0.2, 0.25) is 0 Å². The highest BCUT2D eigenvalue weighted by Crippen LogP contribution is 2.54. The van der Waals surface area contributed by atoms with Gasteiger partial charge in [-0.1, -0.05) is 161 Å². The van der Waals surface area contributed by atoms with Crippen molar-refractivity contribution in [3.05, 3.63) is 83.1 Å². The van der Waals surface area contributed by atoms with Crippen LogP contribution in [0.5, 0.6) is 0 Å². The van der Waals surface area contributed by atoms with Crippen LogP contribution < -0.4 is 0 Å². The summed E-state index contributed by atoms with van der Waals surface area (Å²) in [7, 11) is -1.74. The van der Waals surface area contributed by atoms with Crippen molar-refractivity contribution < 1.29 is 0 Å². The molecule has 0 aromatic heterocycles. The first-order chi connectivity index (χ1) is 17.2. The summed E-state index contributed by atoms with van der Waals surface area (Å²) in [5.41, 5.74) is 6.78. The second kappa shape index (κ2) is 9.93. The lowest BCUT2D eigenvalue weighted by molar-refractivity contribution is 0.439. The van der Waals surface area contributed by atoms with E-state index in [-0.39, 0.29) is 0 Å². The lowest BCUT2D eigenvalue weighted by Crippen LogP contribution is -2.42. The van der Waals surface area contributed by atoms with E-state index in [1.165, 1.54) is 80.9 Å². The largest absolute Gasteiger partial charge is 0.146 e. The molecule has 2 aromatic rings. The Balaban J connectivity index is 1.22. The number of benzene rings is 2. The predicted molar refractivity (Wildman–Crippen MR) is 156 cm³/mol. The SMILES string of the molecule is CC[Si](CC)(C1=CC(CCCB2C3CCCC2CCC3)C=C1)C1c2ccccc2-c2ccccc21. The highest BCUT2D eigenvalue weighted by molar-refractivity contribution is 6.89. The summed E-state index contributed by atoms with van der Waals surface area (Å²) in [5.74, 6) is 2.80. The molecule has 2 saturated heterocycles. The molecule has 2 heteroatoms. The Bertz CT molecular complexity index is 1040. The number of hydrogen-bond donors (Lipinski definition) is 0. The van der Waals surface area contributed by atoms with Gasteiger partial charge in [0, 0.05) is 5.54 Å². The first-order valence-electron chi connectivity index (χ1n) is 14.8. The maximum Gasteiger partial charge on any atom is 0.146 e. The molecule has 35 heavy (non-hydrogen) atoms. The topological polar surface area (TPSA) is 0 Å². The van der Waals surface area contributed by atoms with Gasteiger partial charge in [0.25, 0.3) is 0 Å². The first-order valence-corrected chi connectivity index (χ1v) is 17.3. The van der Waals surface area contributed by atoms with Crippen LogP contribution in [0.25, 0.3) is 11.1 Å². The van der Waals surface area contributed by atoms with E-state index in [1.807, 2.05) is 0 Å². The molecule has 0 nitrogen and oxygen atoms in total. The molecule has 1 atom stereocenters. The Labute approximate surface area is 215 Å². The third kappa shape index (κ3) is 4.05. The molecule has 2 fully saturated rings. The summed E-state index contributed by atoms with van der Waals surface area (Å²) >= 11 is 0. The Morgan fingerprint density at radius 2 is 1.37 bits per heavy atom. The van der Waals surface area contributed by atoms with Gasteiger partial charge in [-0.15, -0.1) is 0 Å². The summed E-state index contributed by atoms with van der Waals surface area (Å²) in [4.78, 5) is 0. The van der Waals surface area contributed by atoms with E-state index in [0.717, 1.165) is 18.3 Å². The molecule has 0 N–H and O–H groups in total. The molecular formula is C33H43BSi. The first kappa shape index (κ1) is 23.6. The molecule has 0 spiro atoms. The van der Waals surface area contributed by atoms with E-state index in [4.69, 9.17) is 0 Å². The van der Waals surface area contributed by atoms with E-state index in [9.17, 15) is 0 Å². The second-order valence-corrected chi connectivity index (χ2v) is 17.0. The Kier molecular flexibility index (Phi) is 6.69. The Morgan fingerprint density at radius 3 is 1.94 bits per heavy atom. The molecule has 1 unspecified atom stereocenters. The summed E-state index contributed by atoms with van der Waals surface area (Å²) in [6.45, 7) is 6.03. The molecule has 0 radical (unpaired) electrons. The number of fused-ring (bicyclic) bond motifs is 5. The quantitative estimate of drug-likeness (QED) is 0.331. The molecule has 0 saturated carbocycles. The van der Waals surface area contributed by atoms with Crippen molar-refractivity contribution in [2.45, 2.75) is 101 Å². The zero-order valence-corrected chi connectivity index (χ0v) is 23.0. The van der Waals surface area contributed by atoms with E-state index >= 15 is 0 Å². The van der Waals surface area contributed by atoms with Crippen LogP contribution in [0.2, 0.25) is 30.0 Å². The average molecular weight is 479 g/mol. The maximum atomic E-state index is 2.74. The summed E-state index contributed by atoms with van der Waals surface area (Å²) < 4.78 is 0. The molecule has 182 valence electrons. The average Bonchev–Trinajstić information content (AvgIpc) is 3.49. The van der Waals surface area contributed by atoms with E-state index in [1.54, 1.807) is 16.3 Å². The smallest absolute Gasteiger partial charge is 0.0783 e. The van der Waals surface area contributed by atoms with Gasteiger partial charge in [0.15, 0.2) is 0 Å². The molecule has 0 amide bonds. The van der Waals surface area contributed by atoms with E-state index in [2.05, 4.69) is 80.6 Å². The molecule has 2 aliphatic carbocycles. The van der Waals surface area contributed by atoms with Crippen LogP contribution in [-0.4, -0.2) is 14.8 Å². The van der Waals surface area contributed by atoms with E-state index in [0.29, 0.717) is 11.5 Å². The normalized spacial score (nSPS) is 25.5. The minimum atomic E-state index is -1.74. The molecule has 2 aliphatic heterocycles. The van der Waals surface area contributed by atoms with Crippen LogP contribution in [0.15, 0.2) is 72.0 Å². The molecule has 2 heterocycles. The van der Waals surface area contributed by atoms with Crippen LogP contribution in [0.3, 0.4) is 0 Å². The van der Waals surface area contributed by atoms with Crippen molar-refractivity contribution in [2.75, 3.05) is 0 Å². The van der Waals surface area contributed by atoms with Crippen molar-refractivity contribution in [3.8, 4) is 11.1 Å². The van der Waals surface area contributed by atoms with Crippen LogP contribution in [0.1, 0.15) is 81.9 Å². The van der Waals surface area contributed by atoms with Crippen LogP contribution in [0.4, 0.5) is 0 Å². The molecule has 2 aromatic carbocycles. The molecule has 2 bridgehead atoms. The molecule has 6 rings (SSSR count). The van der Waals surface area contributed by atoms with Crippen LogP contribution in [0, 0.1) is 5.92 Å². The minimum Gasteiger partial charge on any atom is -0.0783 e. The Morgan fingerprint density at radius 1 is 0.800 bits per heavy atom. The van der Waals surface area contributed by atoms with Crippen molar-refractivity contribution in [3.63, 3.8) is 0 Å². The number of rotatable bonds is 8. The van der Waals surface area contributed by atoms with Gasteiger partial charge >= 0.3 is 0 Å². The lowest BCUT2D eigenvalue weighted by atomic mass is 9.26. The van der Waals surface area contributed by atoms with Gasteiger partial charge in [-0.2, -0.15) is 0 Å². The summed E-state index contributed by atoms with van der Waals surface area (Å²) in [6, 6.07) is 21.2. The monoisotopic (exact) mass is 478 g/mol. The zero-order valence-electron chi connectivity index (χ0n) is 22.0. The maximum absolute atomic E-state index is 2.74. The molecule has 4 aliphatic rings. The third-order valence-electron chi connectivity index (χ3n) is 10.7. The van der Waals surface area contributed by atoms with Crippen molar-refractivity contribution in [1.82, 2.24) is 0 Å². The van der Waals surface area contributed by atoms with Gasteiger partial charge < -0.3 is 0 Å². The van der Waals surface area contributed by atoms with Gasteiger partial charge in [-0.3, -0.25) is 0 Å². The number of allylic oxidation sites excluding steroid dienone is 4. The summed E-state index contributed by atoms with van der Waals surface area (Å²) in [6.07, 6.45) is 21.3. The van der Waals surface area contributed by atoms with Crippen molar-refractivity contribution in [1.29, 1.82) is 0 Å². The fourth-order valence-corrected chi connectivity index (χ4v) is 14.1. The van der Waals surface area contributed by atoms with Gasteiger partial charge in [0.05, 0.1) is 8.07 Å². The second-order valence-electron chi connectivity index (χ2n) is 12.1. The van der Waals surface area contributed by atoms with Gasteiger partial charge in [-0.05, 0) is 34.6 Å². The van der Waals surface area contributed by atoms with E-state index < -0.39 is 8.07 Å². The highest BCUT2D eigenvalue weighted by Gasteiger charge is 2.47. The summed E-state index contributed by atoms with van der Waals surface area (Å²) in [5, 5.41) is 1.75. The number of hydrogen-bond acceptors (Lipinski definition) is 0. The van der Waals surface area contributed by atoms with Crippen LogP contribution >= 0.6 is 0 Å². The van der Waals surface area contributed by atoms with Crippen molar-refractivity contribution >= 4 is 14.8 Å². The van der Waals surface area contributed by atoms with Crippen LogP contribution in [-0.2, 0) is 0 Å². The Hall–Kier alpha value is -1.80. The highest BCUT2D eigenvalue weighted by atomic mass is 28.3. The minimum absolute atomic E-state index is 0.598.